The lowest BCUT2D eigenvalue weighted by atomic mass is 9.96. The monoisotopic (exact) mass is 289 g/mol. The third-order valence-corrected chi connectivity index (χ3v) is 4.34. The van der Waals surface area contributed by atoms with Crippen LogP contribution in [-0.4, -0.2) is 30.1 Å². The summed E-state index contributed by atoms with van der Waals surface area (Å²) in [6, 6.07) is 3.51. The lowest BCUT2D eigenvalue weighted by molar-refractivity contribution is 0.171. The minimum absolute atomic E-state index is 0.0924. The summed E-state index contributed by atoms with van der Waals surface area (Å²) in [7, 11) is 1.83. The van der Waals surface area contributed by atoms with E-state index in [1.54, 1.807) is 0 Å². The molecule has 19 heavy (non-hydrogen) atoms. The molecule has 0 saturated carbocycles. The molecule has 0 fully saturated rings. The molecule has 0 spiro atoms. The molecular weight excluding hydrogens is 268 g/mol. The second-order valence-electron chi connectivity index (χ2n) is 4.85. The highest BCUT2D eigenvalue weighted by Gasteiger charge is 2.19. The Morgan fingerprint density at radius 3 is 2.68 bits per heavy atom. The van der Waals surface area contributed by atoms with Gasteiger partial charge >= 0.3 is 0 Å². The van der Waals surface area contributed by atoms with Crippen LogP contribution >= 0.6 is 11.8 Å². The minimum Gasteiger partial charge on any atom is -0.394 e. The van der Waals surface area contributed by atoms with Crippen LogP contribution in [0.15, 0.2) is 23.1 Å². The number of thioether (sulfide) groups is 1. The maximum Gasteiger partial charge on any atom is 0.136 e. The van der Waals surface area contributed by atoms with Crippen molar-refractivity contribution in [1.29, 1.82) is 0 Å². The van der Waals surface area contributed by atoms with Gasteiger partial charge in [0, 0.05) is 10.4 Å². The Balaban J connectivity index is 2.29. The maximum absolute atomic E-state index is 13.3. The van der Waals surface area contributed by atoms with Gasteiger partial charge in [0.15, 0.2) is 0 Å². The first kappa shape index (κ1) is 16.4. The summed E-state index contributed by atoms with van der Waals surface area (Å²) < 4.78 is 26.3. The average Bonchev–Trinajstić information content (AvgIpc) is 2.42. The molecule has 0 aliphatic rings. The predicted octanol–water partition coefficient (Wildman–Crippen LogP) is 3.20. The maximum atomic E-state index is 13.3. The summed E-state index contributed by atoms with van der Waals surface area (Å²) >= 11 is 1.33. The van der Waals surface area contributed by atoms with Gasteiger partial charge in [0.1, 0.15) is 11.6 Å². The normalized spacial score (nSPS) is 14.4. The highest BCUT2D eigenvalue weighted by molar-refractivity contribution is 7.99. The number of nitrogens with one attached hydrogen (secondary N) is 1. The summed E-state index contributed by atoms with van der Waals surface area (Å²) in [6.07, 6.45) is 2.69. The third kappa shape index (κ3) is 5.47. The second-order valence-corrected chi connectivity index (χ2v) is 5.99. The number of benzene rings is 1. The number of hydrogen-bond donors (Lipinski definition) is 2. The molecule has 2 N–H and O–H groups in total. The Morgan fingerprint density at radius 1 is 1.32 bits per heavy atom. The molecule has 0 aromatic heterocycles. The lowest BCUT2D eigenvalue weighted by Gasteiger charge is -2.26. The second kappa shape index (κ2) is 7.82. The molecule has 2 nitrogen and oxygen atoms in total. The van der Waals surface area contributed by atoms with Gasteiger partial charge in [-0.2, -0.15) is 0 Å². The molecular formula is C14H21F2NOS. The van der Waals surface area contributed by atoms with E-state index in [0.717, 1.165) is 37.1 Å². The van der Waals surface area contributed by atoms with E-state index >= 15 is 0 Å². The lowest BCUT2D eigenvalue weighted by Crippen LogP contribution is -2.43. The number of likely N-dealkylation sites (N-methyl/N-ethyl adjacent to an activating group) is 1. The molecule has 1 aromatic rings. The van der Waals surface area contributed by atoms with Gasteiger partial charge in [0.05, 0.1) is 6.61 Å². The standard InChI is InChI=1S/C14H21F2NOS/c1-14(10-18,17-2)7-3-4-8-19-13-9-11(15)5-6-12(13)16/h5-6,9,17-18H,3-4,7-8,10H2,1-2H3. The van der Waals surface area contributed by atoms with Gasteiger partial charge in [-0.15, -0.1) is 11.8 Å². The van der Waals surface area contributed by atoms with Crippen molar-refractivity contribution in [3.8, 4) is 0 Å². The van der Waals surface area contributed by atoms with Crippen molar-refractivity contribution in [3.63, 3.8) is 0 Å². The summed E-state index contributed by atoms with van der Waals surface area (Å²) in [5.74, 6) is -0.0419. The van der Waals surface area contributed by atoms with Crippen molar-refractivity contribution < 1.29 is 13.9 Å². The molecule has 0 saturated heterocycles. The van der Waals surface area contributed by atoms with Crippen LogP contribution in [0.1, 0.15) is 26.2 Å². The average molecular weight is 289 g/mol. The molecule has 0 aliphatic carbocycles. The number of hydrogen-bond acceptors (Lipinski definition) is 3. The van der Waals surface area contributed by atoms with Crippen LogP contribution in [0.2, 0.25) is 0 Å². The molecule has 0 amide bonds. The van der Waals surface area contributed by atoms with Gasteiger partial charge in [-0.1, -0.05) is 6.42 Å². The Hall–Kier alpha value is -0.650. The molecule has 0 aliphatic heterocycles. The topological polar surface area (TPSA) is 32.3 Å². The number of aliphatic hydroxyl groups is 1. The van der Waals surface area contributed by atoms with Crippen LogP contribution in [0.25, 0.3) is 0 Å². The van der Waals surface area contributed by atoms with Crippen LogP contribution < -0.4 is 5.32 Å². The Bertz CT molecular complexity index is 397. The van der Waals surface area contributed by atoms with Crippen molar-refractivity contribution >= 4 is 11.8 Å². The van der Waals surface area contributed by atoms with Gasteiger partial charge in [-0.05, 0) is 50.8 Å². The fraction of sp³-hybridized carbons (Fsp3) is 0.571. The van der Waals surface area contributed by atoms with Gasteiger partial charge < -0.3 is 10.4 Å². The highest BCUT2D eigenvalue weighted by atomic mass is 32.2. The van der Waals surface area contributed by atoms with E-state index in [1.807, 2.05) is 14.0 Å². The Kier molecular flexibility index (Phi) is 6.75. The fourth-order valence-electron chi connectivity index (χ4n) is 1.67. The zero-order valence-electron chi connectivity index (χ0n) is 11.4. The summed E-state index contributed by atoms with van der Waals surface area (Å²) in [6.45, 7) is 2.06. The van der Waals surface area contributed by atoms with E-state index in [1.165, 1.54) is 17.8 Å². The first-order chi connectivity index (χ1) is 9.00. The molecule has 1 unspecified atom stereocenters. The van der Waals surface area contributed by atoms with Crippen molar-refractivity contribution in [2.24, 2.45) is 0 Å². The quantitative estimate of drug-likeness (QED) is 0.569. The van der Waals surface area contributed by atoms with Gasteiger partial charge in [-0.3, -0.25) is 0 Å². The number of aliphatic hydroxyl groups excluding tert-OH is 1. The molecule has 0 heterocycles. The third-order valence-electron chi connectivity index (χ3n) is 3.23. The largest absolute Gasteiger partial charge is 0.394 e. The minimum atomic E-state index is -0.410. The molecule has 0 radical (unpaired) electrons. The fourth-order valence-corrected chi connectivity index (χ4v) is 2.64. The summed E-state index contributed by atoms with van der Waals surface area (Å²) in [5, 5.41) is 12.3. The number of halogens is 2. The van der Waals surface area contributed by atoms with Crippen LogP contribution in [0.3, 0.4) is 0 Å². The number of rotatable bonds is 8. The first-order valence-electron chi connectivity index (χ1n) is 6.38. The number of unbranched alkanes of at least 4 members (excludes halogenated alkanes) is 1. The van der Waals surface area contributed by atoms with E-state index in [0.29, 0.717) is 4.90 Å². The van der Waals surface area contributed by atoms with E-state index in [4.69, 9.17) is 0 Å². The van der Waals surface area contributed by atoms with E-state index in [-0.39, 0.29) is 18.0 Å². The van der Waals surface area contributed by atoms with E-state index < -0.39 is 5.82 Å². The van der Waals surface area contributed by atoms with E-state index in [2.05, 4.69) is 5.32 Å². The zero-order valence-corrected chi connectivity index (χ0v) is 12.2. The summed E-state index contributed by atoms with van der Waals surface area (Å²) in [5.41, 5.74) is -0.255. The highest BCUT2D eigenvalue weighted by Crippen LogP contribution is 2.24. The van der Waals surface area contributed by atoms with E-state index in [9.17, 15) is 13.9 Å². The van der Waals surface area contributed by atoms with Gasteiger partial charge in [-0.25, -0.2) is 8.78 Å². The van der Waals surface area contributed by atoms with Crippen molar-refractivity contribution in [2.75, 3.05) is 19.4 Å². The summed E-state index contributed by atoms with van der Waals surface area (Å²) in [4.78, 5) is 0.360. The molecule has 1 aromatic carbocycles. The van der Waals surface area contributed by atoms with Gasteiger partial charge in [0.25, 0.3) is 0 Å². The molecule has 108 valence electrons. The zero-order chi connectivity index (χ0) is 14.3. The Labute approximate surface area is 117 Å². The molecule has 0 bridgehead atoms. The molecule has 1 atom stereocenters. The van der Waals surface area contributed by atoms with Crippen LogP contribution in [-0.2, 0) is 0 Å². The SMILES string of the molecule is CNC(C)(CO)CCCCSc1cc(F)ccc1F. The van der Waals surface area contributed by atoms with Gasteiger partial charge in [0.2, 0.25) is 0 Å². The van der Waals surface area contributed by atoms with Crippen molar-refractivity contribution in [2.45, 2.75) is 36.6 Å². The van der Waals surface area contributed by atoms with Crippen molar-refractivity contribution in [3.05, 3.63) is 29.8 Å². The first-order valence-corrected chi connectivity index (χ1v) is 7.37. The smallest absolute Gasteiger partial charge is 0.136 e. The van der Waals surface area contributed by atoms with Crippen LogP contribution in [0.5, 0.6) is 0 Å². The molecule has 5 heteroatoms. The Morgan fingerprint density at radius 2 is 2.05 bits per heavy atom. The van der Waals surface area contributed by atoms with Crippen molar-refractivity contribution in [1.82, 2.24) is 5.32 Å². The van der Waals surface area contributed by atoms with Crippen LogP contribution in [0.4, 0.5) is 8.78 Å². The molecule has 1 rings (SSSR count). The predicted molar refractivity (Wildman–Crippen MR) is 75.5 cm³/mol. The van der Waals surface area contributed by atoms with Crippen LogP contribution in [0, 0.1) is 11.6 Å².